The van der Waals surface area contributed by atoms with Crippen molar-refractivity contribution in [2.75, 3.05) is 19.0 Å². The summed E-state index contributed by atoms with van der Waals surface area (Å²) in [5.74, 6) is -2.08. The summed E-state index contributed by atoms with van der Waals surface area (Å²) >= 11 is 1.12. The van der Waals surface area contributed by atoms with E-state index in [4.69, 9.17) is 65.0 Å². The molecule has 1 saturated heterocycles. The summed E-state index contributed by atoms with van der Waals surface area (Å²) in [5, 5.41) is 75.2. The van der Waals surface area contributed by atoms with Gasteiger partial charge in [-0.25, -0.2) is 33.2 Å². The number of benzene rings is 8. The zero-order chi connectivity index (χ0) is 111. The van der Waals surface area contributed by atoms with Crippen molar-refractivity contribution in [1.82, 2.24) is 35.0 Å². The van der Waals surface area contributed by atoms with Crippen LogP contribution in [-0.2, 0) is 91.1 Å². The van der Waals surface area contributed by atoms with E-state index >= 15 is 0 Å². The number of H-pyrrole nitrogens is 1. The molecule has 0 spiro atoms. The number of rotatable bonds is 46. The number of nitrogens with one attached hydrogen (secondary N) is 6. The Balaban J connectivity index is 0.000000320. The van der Waals surface area contributed by atoms with E-state index in [1.807, 2.05) is 58.0 Å². The Morgan fingerprint density at radius 1 is 0.450 bits per heavy atom. The molecule has 49 nitrogen and oxygen atoms in total. The molecule has 9 aromatic rings. The number of ether oxygens (including phenoxy) is 6. The molecule has 55 heteroatoms. The number of nitro benzene ring substituents is 4. The average molecular weight is 2200 g/mol. The molecule has 2 heterocycles. The minimum absolute atomic E-state index is 0.0257. The highest BCUT2D eigenvalue weighted by molar-refractivity contribution is 8.13. The lowest BCUT2D eigenvalue weighted by Crippen LogP contribution is -2.43. The molecule has 4 unspecified atom stereocenters. The predicted molar refractivity (Wildman–Crippen MR) is 545 cm³/mol. The first-order valence-corrected chi connectivity index (χ1v) is 53.9. The molecule has 1 aliphatic rings. The van der Waals surface area contributed by atoms with Gasteiger partial charge in [0.2, 0.25) is 0 Å². The number of aliphatic hydroxyl groups is 2. The molecule has 0 aliphatic carbocycles. The Bertz CT molecular complexity index is 5990. The van der Waals surface area contributed by atoms with Crippen LogP contribution in [0.4, 0.5) is 22.7 Å². The monoisotopic (exact) mass is 2200 g/mol. The second-order valence-electron chi connectivity index (χ2n) is 33.7. The van der Waals surface area contributed by atoms with Gasteiger partial charge in [0.05, 0.1) is 56.8 Å². The van der Waals surface area contributed by atoms with Crippen LogP contribution >= 0.6 is 50.9 Å². The molecule has 0 bridgehead atoms. The van der Waals surface area contributed by atoms with Gasteiger partial charge in [-0.1, -0.05) is 124 Å². The zero-order valence-electron chi connectivity index (χ0n) is 84.0. The van der Waals surface area contributed by atoms with Crippen LogP contribution < -0.4 is 68.4 Å². The van der Waals surface area contributed by atoms with E-state index in [2.05, 4.69) is 34.9 Å². The van der Waals surface area contributed by atoms with Gasteiger partial charge in [0.25, 0.3) is 28.3 Å². The van der Waals surface area contributed by atoms with E-state index in [1.54, 1.807) is 146 Å². The Hall–Kier alpha value is -13.4. The van der Waals surface area contributed by atoms with Crippen molar-refractivity contribution in [3.63, 3.8) is 0 Å². The lowest BCUT2D eigenvalue weighted by Gasteiger charge is -2.26. The van der Waals surface area contributed by atoms with Crippen LogP contribution in [0.1, 0.15) is 136 Å². The number of hydrogen-bond donors (Lipinski definition) is 9. The normalized spacial score (nSPS) is 15.8. The van der Waals surface area contributed by atoms with Gasteiger partial charge in [0.1, 0.15) is 89.8 Å². The van der Waals surface area contributed by atoms with Gasteiger partial charge >= 0.3 is 74.7 Å². The number of esters is 5. The van der Waals surface area contributed by atoms with E-state index in [0.29, 0.717) is 12.2 Å². The van der Waals surface area contributed by atoms with Gasteiger partial charge in [-0.3, -0.25) is 83.6 Å². The summed E-state index contributed by atoms with van der Waals surface area (Å²) in [4.78, 5) is 146. The lowest BCUT2D eigenvalue weighted by molar-refractivity contribution is -0.385. The predicted octanol–water partition coefficient (Wildman–Crippen LogP) is 16.8. The van der Waals surface area contributed by atoms with Gasteiger partial charge in [0, 0.05) is 82.4 Å². The molecule has 0 saturated carbocycles. The summed E-state index contributed by atoms with van der Waals surface area (Å²) in [6, 6.07) is 49.8. The largest absolute Gasteiger partial charge is 0.694 e. The molecular weight excluding hydrogens is 2080 g/mol. The van der Waals surface area contributed by atoms with E-state index in [9.17, 15) is 112 Å². The molecule has 1 aromatic heterocycles. The number of carbonyl (C=O) groups excluding carboxylic acids is 6. The molecule has 1 fully saturated rings. The fraction of sp³-hybridized carbons (Fsp3) is 0.383. The number of aliphatic hydroxyl groups excluding tert-OH is 2. The molecule has 8 aromatic carbocycles. The quantitative estimate of drug-likeness (QED) is 0.00427. The van der Waals surface area contributed by atoms with Crippen LogP contribution in [0.5, 0.6) is 40.2 Å². The molecule has 10 rings (SSSR count). The Labute approximate surface area is 862 Å². The number of para-hydroxylation sites is 3. The number of thioether (sulfide) groups is 1. The number of carbonyl (C=O) groups is 6. The summed E-state index contributed by atoms with van der Waals surface area (Å²) in [5.41, 5.74) is -1.33. The Morgan fingerprint density at radius 3 is 1.01 bits per heavy atom. The van der Waals surface area contributed by atoms with Crippen molar-refractivity contribution in [3.8, 4) is 40.2 Å². The van der Waals surface area contributed by atoms with E-state index in [1.165, 1.54) is 144 Å². The van der Waals surface area contributed by atoms with Crippen LogP contribution in [-0.4, -0.2) is 165 Å². The van der Waals surface area contributed by atoms with Crippen LogP contribution in [0, 0.1) is 51.8 Å². The number of nitrogens with zero attached hydrogens (tertiary/aromatic N) is 5. The fourth-order valence-electron chi connectivity index (χ4n) is 11.7. The first kappa shape index (κ1) is 126. The highest BCUT2D eigenvalue weighted by atomic mass is 32.2. The maximum atomic E-state index is 13.5. The van der Waals surface area contributed by atoms with Gasteiger partial charge in [0.15, 0.2) is 11.3 Å². The molecule has 0 radical (unpaired) electrons. The lowest BCUT2D eigenvalue weighted by atomic mass is 9.95. The van der Waals surface area contributed by atoms with Crippen molar-refractivity contribution in [1.29, 1.82) is 0 Å². The summed E-state index contributed by atoms with van der Waals surface area (Å²) in [7, 11) is -18.9. The highest BCUT2D eigenvalue weighted by Gasteiger charge is 2.45. The molecule has 9 N–H and O–H groups in total. The number of hydrogen-bond acceptors (Lipinski definition) is 38. The second-order valence-corrected chi connectivity index (χ2v) is 42.2. The summed E-state index contributed by atoms with van der Waals surface area (Å²) in [6.07, 6.45) is -1.83. The highest BCUT2D eigenvalue weighted by Crippen LogP contribution is 2.50. The van der Waals surface area contributed by atoms with Gasteiger partial charge in [-0.05, 0) is 187 Å². The van der Waals surface area contributed by atoms with Crippen LogP contribution in [0.2, 0.25) is 0 Å². The van der Waals surface area contributed by atoms with Crippen LogP contribution in [0.25, 0.3) is 0 Å². The van der Waals surface area contributed by atoms with Gasteiger partial charge < -0.3 is 70.3 Å². The van der Waals surface area contributed by atoms with Gasteiger partial charge in [-0.2, -0.15) is 15.3 Å². The summed E-state index contributed by atoms with van der Waals surface area (Å²) < 4.78 is 139. The van der Waals surface area contributed by atoms with Gasteiger partial charge in [-0.15, -0.1) is 9.42 Å². The number of nitro groups is 4. The van der Waals surface area contributed by atoms with Crippen molar-refractivity contribution < 1.29 is 151 Å². The first-order chi connectivity index (χ1) is 69.9. The SMILES string of the molecule is CC(C)(C)C(=O)SCCO[P+](=O)O.CC(C)OC(=O)[C@@H](C)NP(=O)(Oc1ccccc1)Oc1ccc([N+](=O)[O-])cc1.CC(C)OC(=O)[C@H](C)NP(=O)(N[C@@H](C)C(=O)OC(C)C)Oc1ccc([N+](=O)[O-])cc1.CC(C)OC(=O)[C@H](C)NP(=O)(Oc1ccccc1)Oc1ccc([N+](=O)[O-])cc1.CC[C@H]1[C@@H](O)[C@H](n2ccc(=O)[nH]c2=O)O[C@@H]1CO.C[C@@H](NP(=O)(Oc1ccccc1)Oc1ccc([N+](=O)[O-])cc1)C(=O)OCc1ccccc1. The standard InChI is InChI=1S/C22H21N2O7P.C18H28N3O8P.2C18H21N2O7P.C11H16N2O5.C7H13O4PS/c1-17(22(25)29-16-18-8-4-2-5-9-18)23-32(28,30-20-10-6-3-7-11-20)31-21-14-12-19(13-15-21)24(26)27;1-11(2)27-17(22)13(5)19-30(26,20-14(6)18(23)28-12(3)4)29-16-9-7-15(8-10-16)21(24)25;2*1-13(2)25-18(21)14(3)19-28(24,26-16-7-5-4-6-8-16)27-17-11-9-15(10-12-17)20(22)23;1-2-6-7(5-14)18-10(9(6)16)13-4-3-8(15)12-11(13)17;1-7(2,3)6(8)13-5-4-11-12(9)10/h2-15,17H,16H2,1H3,(H,23,28);7-14H,1-6H3,(H2,19,20,26);2*4-14H,1-3H3,(H,19,24);3-4,6-7,9-10,14,16H,2,5H2,1H3,(H,12,15,17);4-5H2,1-3H3/p+1/t17-,32?;13-,14-;2*14-,28?;6-,7-,9-,10-;/m10101./s1. The molecular formula is C94H121N11O38P5S+. The minimum Gasteiger partial charge on any atom is -0.462 e. The fourth-order valence-corrected chi connectivity index (χ4v) is 19.3. The topological polar surface area (TPSA) is 665 Å². The molecule has 0 amide bonds. The third kappa shape index (κ3) is 46.5. The molecule has 810 valence electrons. The molecule has 1 aliphatic heterocycles. The Morgan fingerprint density at radius 2 is 0.738 bits per heavy atom. The third-order valence-corrected chi connectivity index (χ3v) is 27.0. The van der Waals surface area contributed by atoms with Crippen LogP contribution in [0.3, 0.4) is 0 Å². The first-order valence-electron chi connectivity index (χ1n) is 45.5. The average Bonchev–Trinajstić information content (AvgIpc) is 1.65. The van der Waals surface area contributed by atoms with Crippen LogP contribution in [0.15, 0.2) is 240 Å². The van der Waals surface area contributed by atoms with Crippen molar-refractivity contribution >= 4 is 109 Å². The number of aromatic amines is 1. The van der Waals surface area contributed by atoms with E-state index in [-0.39, 0.29) is 124 Å². The maximum Gasteiger partial charge on any atom is 0.694 e. The molecule has 13 atom stereocenters. The smallest absolute Gasteiger partial charge is 0.462 e. The number of non-ortho nitro benzene ring substituents is 4. The maximum absolute atomic E-state index is 13.5. The van der Waals surface area contributed by atoms with Crippen molar-refractivity contribution in [2.24, 2.45) is 11.3 Å². The van der Waals surface area contributed by atoms with E-state index in [0.717, 1.165) is 21.9 Å². The zero-order valence-corrected chi connectivity index (χ0v) is 89.3. The minimum atomic E-state index is -4.13. The summed E-state index contributed by atoms with van der Waals surface area (Å²) in [6.45, 7) is 28.0. The third-order valence-electron chi connectivity index (χ3n) is 18.6. The molecule has 149 heavy (non-hydrogen) atoms. The van der Waals surface area contributed by atoms with Crippen molar-refractivity contribution in [2.45, 2.75) is 204 Å². The Kier molecular flexibility index (Phi) is 52.1. The van der Waals surface area contributed by atoms with E-state index < -0.39 is 149 Å². The number of aromatic nitrogens is 2. The second kappa shape index (κ2) is 61.6. The van der Waals surface area contributed by atoms with Crippen molar-refractivity contribution in [3.05, 3.63) is 298 Å².